The van der Waals surface area contributed by atoms with E-state index in [4.69, 9.17) is 20.0 Å². The number of hydrazine groups is 1. The van der Waals surface area contributed by atoms with E-state index in [-0.39, 0.29) is 34.2 Å². The van der Waals surface area contributed by atoms with Gasteiger partial charge in [0, 0.05) is 6.07 Å². The number of aliphatic imine (C=N–C) groups is 1. The maximum absolute atomic E-state index is 13.9. The molecule has 14 heteroatoms. The van der Waals surface area contributed by atoms with Gasteiger partial charge in [0.1, 0.15) is 34.8 Å². The predicted molar refractivity (Wildman–Crippen MR) is 126 cm³/mol. The van der Waals surface area contributed by atoms with Crippen molar-refractivity contribution >= 4 is 23.7 Å². The smallest absolute Gasteiger partial charge is 0.315 e. The number of amides is 2. The summed E-state index contributed by atoms with van der Waals surface area (Å²) in [6.45, 7) is 0. The van der Waals surface area contributed by atoms with Crippen molar-refractivity contribution < 1.29 is 36.0 Å². The molecule has 6 N–H and O–H groups in total. The van der Waals surface area contributed by atoms with Gasteiger partial charge in [-0.05, 0) is 54.6 Å². The normalized spacial score (nSPS) is 11.2. The van der Waals surface area contributed by atoms with Crippen molar-refractivity contribution in [1.29, 1.82) is 5.41 Å². The van der Waals surface area contributed by atoms with Gasteiger partial charge in [-0.2, -0.15) is 4.99 Å². The van der Waals surface area contributed by atoms with Crippen molar-refractivity contribution in [3.05, 3.63) is 95.5 Å². The molecule has 0 radical (unpaired) electrons. The standard InChI is InChI=1S/C24H16F4N6O4/c25-11-2-4-15(27)14(9-11)18-6-8-20(38-18)22(36)32-24(30)34-33-23(29)31-21(35)19-7-5-17(37-19)13-3-1-12(26)10-16(13)28/h1-10H,(H3,29,31,33,35)(H3,30,32,34,36). The number of furan rings is 2. The van der Waals surface area contributed by atoms with E-state index in [9.17, 15) is 27.2 Å². The molecule has 0 unspecified atom stereocenters. The van der Waals surface area contributed by atoms with Gasteiger partial charge in [-0.15, -0.1) is 0 Å². The number of carbonyl (C=O) groups is 2. The van der Waals surface area contributed by atoms with Crippen molar-refractivity contribution in [3.63, 3.8) is 0 Å². The molecule has 2 amide bonds. The summed E-state index contributed by atoms with van der Waals surface area (Å²) in [7, 11) is 0. The van der Waals surface area contributed by atoms with E-state index in [1.54, 1.807) is 0 Å². The number of nitrogens with zero attached hydrogens (tertiary/aromatic N) is 1. The van der Waals surface area contributed by atoms with E-state index < -0.39 is 47.0 Å². The first-order valence-electron chi connectivity index (χ1n) is 10.5. The highest BCUT2D eigenvalue weighted by Crippen LogP contribution is 2.27. The minimum atomic E-state index is -0.964. The molecule has 0 saturated carbocycles. The van der Waals surface area contributed by atoms with Crippen LogP contribution in [-0.2, 0) is 0 Å². The quantitative estimate of drug-likeness (QED) is 0.117. The summed E-state index contributed by atoms with van der Waals surface area (Å²) < 4.78 is 64.8. The Balaban J connectivity index is 1.32. The molecule has 4 rings (SSSR count). The number of rotatable bonds is 4. The van der Waals surface area contributed by atoms with E-state index in [2.05, 4.69) is 21.2 Å². The number of hydrogen-bond donors (Lipinski definition) is 5. The number of hydrogen-bond acceptors (Lipinski definition) is 5. The molecule has 0 saturated heterocycles. The van der Waals surface area contributed by atoms with E-state index in [1.165, 1.54) is 24.3 Å². The third kappa shape index (κ3) is 5.87. The molecule has 0 aliphatic heterocycles. The topological polar surface area (TPSA) is 159 Å². The lowest BCUT2D eigenvalue weighted by molar-refractivity contribution is 0.0946. The van der Waals surface area contributed by atoms with Crippen LogP contribution in [0.2, 0.25) is 0 Å². The van der Waals surface area contributed by atoms with Crippen molar-refractivity contribution in [2.24, 2.45) is 10.7 Å². The number of carbonyl (C=O) groups excluding carboxylic acids is 2. The third-order valence-electron chi connectivity index (χ3n) is 4.81. The Morgan fingerprint density at radius 1 is 0.763 bits per heavy atom. The monoisotopic (exact) mass is 528 g/mol. The SMILES string of the molecule is N=C(NNC(N)=NC(=O)c1ccc(-c2ccc(F)cc2F)o1)NC(=O)c1ccc(-c2cc(F)ccc2F)o1. The molecule has 0 atom stereocenters. The van der Waals surface area contributed by atoms with Crippen molar-refractivity contribution in [2.45, 2.75) is 0 Å². The second kappa shape index (κ2) is 10.7. The van der Waals surface area contributed by atoms with Crippen LogP contribution in [0.1, 0.15) is 21.1 Å². The van der Waals surface area contributed by atoms with Crippen LogP contribution >= 0.6 is 0 Å². The van der Waals surface area contributed by atoms with E-state index in [0.29, 0.717) is 6.07 Å². The summed E-state index contributed by atoms with van der Waals surface area (Å²) in [4.78, 5) is 28.0. The highest BCUT2D eigenvalue weighted by atomic mass is 19.1. The summed E-state index contributed by atoms with van der Waals surface area (Å²) in [5.41, 5.74) is 9.66. The molecule has 0 aliphatic carbocycles. The Morgan fingerprint density at radius 3 is 2.13 bits per heavy atom. The Hall–Kier alpha value is -5.40. The minimum Gasteiger partial charge on any atom is -0.451 e. The molecule has 10 nitrogen and oxygen atoms in total. The van der Waals surface area contributed by atoms with Gasteiger partial charge in [0.25, 0.3) is 5.91 Å². The zero-order chi connectivity index (χ0) is 27.4. The number of nitrogens with one attached hydrogen (secondary N) is 4. The summed E-state index contributed by atoms with van der Waals surface area (Å²) >= 11 is 0. The van der Waals surface area contributed by atoms with E-state index in [0.717, 1.165) is 30.3 Å². The molecule has 0 aliphatic rings. The van der Waals surface area contributed by atoms with Crippen LogP contribution in [0, 0.1) is 28.7 Å². The number of benzene rings is 2. The molecule has 194 valence electrons. The molecular weight excluding hydrogens is 512 g/mol. The van der Waals surface area contributed by atoms with Crippen LogP contribution in [0.3, 0.4) is 0 Å². The second-order valence-corrected chi connectivity index (χ2v) is 7.46. The Morgan fingerprint density at radius 2 is 1.39 bits per heavy atom. The van der Waals surface area contributed by atoms with Gasteiger partial charge >= 0.3 is 5.91 Å². The van der Waals surface area contributed by atoms with E-state index >= 15 is 0 Å². The molecule has 0 bridgehead atoms. The summed E-state index contributed by atoms with van der Waals surface area (Å²) in [5, 5.41) is 9.83. The Bertz CT molecular complexity index is 1580. The van der Waals surface area contributed by atoms with Gasteiger partial charge in [0.15, 0.2) is 11.5 Å². The predicted octanol–water partition coefficient (Wildman–Crippen LogP) is 3.68. The highest BCUT2D eigenvalue weighted by molar-refractivity contribution is 6.04. The molecule has 4 aromatic rings. The first-order chi connectivity index (χ1) is 18.1. The maximum Gasteiger partial charge on any atom is 0.315 e. The van der Waals surface area contributed by atoms with Gasteiger partial charge < -0.3 is 14.6 Å². The molecule has 2 heterocycles. The molecule has 0 spiro atoms. The maximum atomic E-state index is 13.9. The lowest BCUT2D eigenvalue weighted by atomic mass is 10.1. The van der Waals surface area contributed by atoms with Crippen molar-refractivity contribution in [3.8, 4) is 22.6 Å². The Labute approximate surface area is 210 Å². The highest BCUT2D eigenvalue weighted by Gasteiger charge is 2.17. The van der Waals surface area contributed by atoms with Crippen LogP contribution in [0.15, 0.2) is 74.5 Å². The first kappa shape index (κ1) is 25.7. The van der Waals surface area contributed by atoms with Gasteiger partial charge in [-0.3, -0.25) is 31.2 Å². The Kier molecular flexibility index (Phi) is 7.23. The largest absolute Gasteiger partial charge is 0.451 e. The second-order valence-electron chi connectivity index (χ2n) is 7.46. The summed E-state index contributed by atoms with van der Waals surface area (Å²) in [5.74, 6) is -6.93. The molecule has 2 aromatic heterocycles. The number of guanidine groups is 2. The van der Waals surface area contributed by atoms with Crippen LogP contribution in [0.4, 0.5) is 17.6 Å². The summed E-state index contributed by atoms with van der Waals surface area (Å²) in [6, 6.07) is 10.5. The van der Waals surface area contributed by atoms with Crippen LogP contribution < -0.4 is 21.9 Å². The van der Waals surface area contributed by atoms with E-state index in [1.807, 2.05) is 0 Å². The lowest BCUT2D eigenvalue weighted by Gasteiger charge is -2.09. The van der Waals surface area contributed by atoms with Gasteiger partial charge in [0.2, 0.25) is 11.9 Å². The number of nitrogens with two attached hydrogens (primary N) is 1. The zero-order valence-corrected chi connectivity index (χ0v) is 18.9. The van der Waals surface area contributed by atoms with Crippen LogP contribution in [0.25, 0.3) is 22.6 Å². The average molecular weight is 528 g/mol. The number of halogens is 4. The van der Waals surface area contributed by atoms with Gasteiger partial charge in [0.05, 0.1) is 11.1 Å². The average Bonchev–Trinajstić information content (AvgIpc) is 3.55. The first-order valence-corrected chi connectivity index (χ1v) is 10.5. The van der Waals surface area contributed by atoms with Crippen molar-refractivity contribution in [1.82, 2.24) is 16.2 Å². The fourth-order valence-corrected chi connectivity index (χ4v) is 3.10. The van der Waals surface area contributed by atoms with Crippen LogP contribution in [-0.4, -0.2) is 23.7 Å². The van der Waals surface area contributed by atoms with Crippen LogP contribution in [0.5, 0.6) is 0 Å². The molecule has 2 aromatic carbocycles. The summed E-state index contributed by atoms with van der Waals surface area (Å²) in [6.07, 6.45) is 0. The van der Waals surface area contributed by atoms with Crippen molar-refractivity contribution in [2.75, 3.05) is 0 Å². The third-order valence-corrected chi connectivity index (χ3v) is 4.81. The lowest BCUT2D eigenvalue weighted by Crippen LogP contribution is -2.51. The molecular formula is C24H16F4N6O4. The fourth-order valence-electron chi connectivity index (χ4n) is 3.10. The fraction of sp³-hybridized carbons (Fsp3) is 0. The van der Waals surface area contributed by atoms with Gasteiger partial charge in [-0.25, -0.2) is 17.6 Å². The minimum absolute atomic E-state index is 0.0450. The van der Waals surface area contributed by atoms with Gasteiger partial charge in [-0.1, -0.05) is 0 Å². The molecule has 0 fully saturated rings. The zero-order valence-electron chi connectivity index (χ0n) is 18.9. The molecule has 38 heavy (non-hydrogen) atoms.